The van der Waals surface area contributed by atoms with Crippen molar-refractivity contribution in [3.8, 4) is 0 Å². The van der Waals surface area contributed by atoms with Gasteiger partial charge < -0.3 is 10.2 Å². The number of rotatable bonds is 2. The summed E-state index contributed by atoms with van der Waals surface area (Å²) in [6.07, 6.45) is 5.41. The first-order valence-corrected chi connectivity index (χ1v) is 4.62. The minimum Gasteiger partial charge on any atom is -0.396 e. The van der Waals surface area contributed by atoms with Gasteiger partial charge in [-0.2, -0.15) is 0 Å². The van der Waals surface area contributed by atoms with Crippen LogP contribution in [0.25, 0.3) is 0 Å². The van der Waals surface area contributed by atoms with E-state index in [0.717, 1.165) is 12.8 Å². The number of aliphatic hydroxyl groups excluding tert-OH is 1. The summed E-state index contributed by atoms with van der Waals surface area (Å²) in [6, 6.07) is 0. The van der Waals surface area contributed by atoms with Gasteiger partial charge in [-0.3, -0.25) is 0 Å². The highest BCUT2D eigenvalue weighted by Crippen LogP contribution is 2.60. The molecule has 0 heterocycles. The normalized spacial score (nSPS) is 48.5. The van der Waals surface area contributed by atoms with Crippen LogP contribution in [0.1, 0.15) is 32.1 Å². The molecule has 0 aromatic carbocycles. The zero-order chi connectivity index (χ0) is 7.90. The van der Waals surface area contributed by atoms with Crippen LogP contribution in [0.3, 0.4) is 0 Å². The molecule has 2 aliphatic rings. The van der Waals surface area contributed by atoms with E-state index in [4.69, 9.17) is 5.11 Å². The van der Waals surface area contributed by atoms with Gasteiger partial charge in [-0.1, -0.05) is 12.8 Å². The molecular formula is C9H16O2. The fourth-order valence-electron chi connectivity index (χ4n) is 2.77. The van der Waals surface area contributed by atoms with Gasteiger partial charge in [0.05, 0.1) is 5.60 Å². The Morgan fingerprint density at radius 2 is 2.18 bits per heavy atom. The van der Waals surface area contributed by atoms with Crippen LogP contribution in [0.4, 0.5) is 0 Å². The molecule has 0 unspecified atom stereocenters. The lowest BCUT2D eigenvalue weighted by Gasteiger charge is -2.15. The molecule has 2 nitrogen and oxygen atoms in total. The van der Waals surface area contributed by atoms with Crippen LogP contribution >= 0.6 is 0 Å². The maximum atomic E-state index is 9.93. The van der Waals surface area contributed by atoms with Crippen molar-refractivity contribution in [1.82, 2.24) is 0 Å². The second kappa shape index (κ2) is 2.46. The summed E-state index contributed by atoms with van der Waals surface area (Å²) in [4.78, 5) is 0. The highest BCUT2D eigenvalue weighted by molar-refractivity contribution is 5.13. The molecule has 11 heavy (non-hydrogen) atoms. The zero-order valence-electron chi connectivity index (χ0n) is 6.79. The summed E-state index contributed by atoms with van der Waals surface area (Å²) in [5.41, 5.74) is -0.346. The monoisotopic (exact) mass is 156 g/mol. The molecule has 0 radical (unpaired) electrons. The Morgan fingerprint density at radius 3 is 2.73 bits per heavy atom. The van der Waals surface area contributed by atoms with Gasteiger partial charge in [-0.15, -0.1) is 0 Å². The molecule has 2 rings (SSSR count). The third-order valence-corrected chi connectivity index (χ3v) is 3.44. The second-order valence-electron chi connectivity index (χ2n) is 3.96. The average Bonchev–Trinajstić information content (AvgIpc) is 2.58. The lowest BCUT2D eigenvalue weighted by atomic mass is 9.98. The summed E-state index contributed by atoms with van der Waals surface area (Å²) in [5.74, 6) is 0.957. The first-order valence-electron chi connectivity index (χ1n) is 4.62. The van der Waals surface area contributed by atoms with Crippen LogP contribution in [0, 0.1) is 11.8 Å². The highest BCUT2D eigenvalue weighted by Gasteiger charge is 2.62. The molecular weight excluding hydrogens is 140 g/mol. The quantitative estimate of drug-likeness (QED) is 0.624. The fraction of sp³-hybridized carbons (Fsp3) is 1.00. The van der Waals surface area contributed by atoms with Gasteiger partial charge in [-0.25, -0.2) is 0 Å². The smallest absolute Gasteiger partial charge is 0.0712 e. The molecule has 0 saturated heterocycles. The van der Waals surface area contributed by atoms with Crippen molar-refractivity contribution in [2.24, 2.45) is 11.8 Å². The van der Waals surface area contributed by atoms with Crippen molar-refractivity contribution in [2.45, 2.75) is 37.7 Å². The lowest BCUT2D eigenvalue weighted by molar-refractivity contribution is 0.0872. The van der Waals surface area contributed by atoms with E-state index in [1.165, 1.54) is 19.3 Å². The Morgan fingerprint density at radius 1 is 1.36 bits per heavy atom. The van der Waals surface area contributed by atoms with E-state index in [9.17, 15) is 5.11 Å². The molecule has 0 aromatic rings. The van der Waals surface area contributed by atoms with Crippen LogP contribution in [0.15, 0.2) is 0 Å². The van der Waals surface area contributed by atoms with Gasteiger partial charge in [0.15, 0.2) is 0 Å². The summed E-state index contributed by atoms with van der Waals surface area (Å²) in [7, 11) is 0. The molecule has 2 heteroatoms. The topological polar surface area (TPSA) is 40.5 Å². The van der Waals surface area contributed by atoms with E-state index in [-0.39, 0.29) is 12.2 Å². The molecule has 0 spiro atoms. The second-order valence-corrected chi connectivity index (χ2v) is 3.96. The van der Waals surface area contributed by atoms with Crippen LogP contribution in [-0.2, 0) is 0 Å². The summed E-state index contributed by atoms with van der Waals surface area (Å²) < 4.78 is 0. The summed E-state index contributed by atoms with van der Waals surface area (Å²) in [6.45, 7) is 0.240. The molecule has 3 atom stereocenters. The van der Waals surface area contributed by atoms with E-state index >= 15 is 0 Å². The molecule has 0 aliphatic heterocycles. The predicted octanol–water partition coefficient (Wildman–Crippen LogP) is 0.920. The molecule has 0 aromatic heterocycles. The Kier molecular flexibility index (Phi) is 1.69. The van der Waals surface area contributed by atoms with E-state index in [1.807, 2.05) is 0 Å². The van der Waals surface area contributed by atoms with E-state index < -0.39 is 0 Å². The molecule has 2 aliphatic carbocycles. The third-order valence-electron chi connectivity index (χ3n) is 3.44. The van der Waals surface area contributed by atoms with Gasteiger partial charge in [0.1, 0.15) is 0 Å². The fourth-order valence-corrected chi connectivity index (χ4v) is 2.77. The first-order chi connectivity index (χ1) is 5.29. The van der Waals surface area contributed by atoms with E-state index in [2.05, 4.69) is 0 Å². The van der Waals surface area contributed by atoms with Crippen LogP contribution in [0.5, 0.6) is 0 Å². The van der Waals surface area contributed by atoms with Gasteiger partial charge in [0.2, 0.25) is 0 Å². The van der Waals surface area contributed by atoms with Gasteiger partial charge >= 0.3 is 0 Å². The zero-order valence-corrected chi connectivity index (χ0v) is 6.79. The minimum atomic E-state index is -0.346. The SMILES string of the molecule is OCC[C@H]1[C@@H]2CCCC[C@]12O. The van der Waals surface area contributed by atoms with Crippen molar-refractivity contribution < 1.29 is 10.2 Å². The Hall–Kier alpha value is -0.0800. The van der Waals surface area contributed by atoms with Crippen molar-refractivity contribution >= 4 is 0 Å². The first kappa shape index (κ1) is 7.56. The largest absolute Gasteiger partial charge is 0.396 e. The van der Waals surface area contributed by atoms with Crippen molar-refractivity contribution in [1.29, 1.82) is 0 Å². The number of aliphatic hydroxyl groups is 2. The number of hydrogen-bond donors (Lipinski definition) is 2. The molecule has 2 N–H and O–H groups in total. The van der Waals surface area contributed by atoms with Gasteiger partial charge in [0, 0.05) is 6.61 Å². The Labute approximate surface area is 67.2 Å². The van der Waals surface area contributed by atoms with Crippen molar-refractivity contribution in [3.63, 3.8) is 0 Å². The lowest BCUT2D eigenvalue weighted by Crippen LogP contribution is -2.16. The van der Waals surface area contributed by atoms with Crippen LogP contribution in [0.2, 0.25) is 0 Å². The van der Waals surface area contributed by atoms with Crippen LogP contribution in [-0.4, -0.2) is 22.4 Å². The maximum absolute atomic E-state index is 9.93. The van der Waals surface area contributed by atoms with Crippen molar-refractivity contribution in [3.05, 3.63) is 0 Å². The minimum absolute atomic E-state index is 0.240. The number of hydrogen-bond acceptors (Lipinski definition) is 2. The Bertz CT molecular complexity index is 158. The van der Waals surface area contributed by atoms with E-state index in [0.29, 0.717) is 11.8 Å². The molecule has 0 bridgehead atoms. The van der Waals surface area contributed by atoms with Crippen LogP contribution < -0.4 is 0 Å². The van der Waals surface area contributed by atoms with Gasteiger partial charge in [-0.05, 0) is 31.1 Å². The molecule has 2 saturated carbocycles. The standard InChI is InChI=1S/C9H16O2/c10-6-4-8-7-3-1-2-5-9(7,8)11/h7-8,10-11H,1-6H2/t7-,8-,9+/m0/s1. The maximum Gasteiger partial charge on any atom is 0.0712 e. The Balaban J connectivity index is 1.96. The predicted molar refractivity (Wildman–Crippen MR) is 42.1 cm³/mol. The summed E-state index contributed by atoms with van der Waals surface area (Å²) in [5, 5.41) is 18.7. The number of fused-ring (bicyclic) bond motifs is 1. The van der Waals surface area contributed by atoms with E-state index in [1.54, 1.807) is 0 Å². The molecule has 2 fully saturated rings. The summed E-state index contributed by atoms with van der Waals surface area (Å²) >= 11 is 0. The molecule has 0 amide bonds. The average molecular weight is 156 g/mol. The highest BCUT2D eigenvalue weighted by atomic mass is 16.3. The van der Waals surface area contributed by atoms with Gasteiger partial charge in [0.25, 0.3) is 0 Å². The van der Waals surface area contributed by atoms with Crippen molar-refractivity contribution in [2.75, 3.05) is 6.61 Å². The third kappa shape index (κ3) is 1.00. The molecule has 64 valence electrons.